The summed E-state index contributed by atoms with van der Waals surface area (Å²) in [4.78, 5) is 10.6. The molecule has 0 aromatic rings. The number of rotatable bonds is 14. The molecule has 0 radical (unpaired) electrons. The van der Waals surface area contributed by atoms with Gasteiger partial charge in [0.25, 0.3) is 0 Å². The van der Waals surface area contributed by atoms with Crippen molar-refractivity contribution in [3.8, 4) is 0 Å². The minimum Gasteiger partial charge on any atom is -0.481 e. The van der Waals surface area contributed by atoms with Gasteiger partial charge in [-0.25, -0.2) is 0 Å². The van der Waals surface area contributed by atoms with Crippen molar-refractivity contribution in [1.29, 1.82) is 0 Å². The molecule has 32 heavy (non-hydrogen) atoms. The van der Waals surface area contributed by atoms with Crippen molar-refractivity contribution in [2.45, 2.75) is 129 Å². The molecular formula is C27H48O4Si. The molecule has 1 aliphatic rings. The van der Waals surface area contributed by atoms with Gasteiger partial charge < -0.3 is 14.6 Å². The number of carboxylic acids is 1. The van der Waals surface area contributed by atoms with Gasteiger partial charge in [0.2, 0.25) is 0 Å². The normalized spacial score (nSPS) is 20.9. The van der Waals surface area contributed by atoms with E-state index >= 15 is 0 Å². The zero-order valence-corrected chi connectivity index (χ0v) is 22.7. The van der Waals surface area contributed by atoms with Crippen LogP contribution in [0.3, 0.4) is 0 Å². The summed E-state index contributed by atoms with van der Waals surface area (Å²) >= 11 is 0. The van der Waals surface area contributed by atoms with Gasteiger partial charge in [-0.05, 0) is 75.7 Å². The van der Waals surface area contributed by atoms with Crippen LogP contribution in [0.15, 0.2) is 29.5 Å². The quantitative estimate of drug-likeness (QED) is 0.122. The highest BCUT2D eigenvalue weighted by Crippen LogP contribution is 2.43. The Balaban J connectivity index is 2.79. The molecule has 0 spiro atoms. The number of hydrogen-bond donors (Lipinski definition) is 2. The fourth-order valence-corrected chi connectivity index (χ4v) is 5.97. The third-order valence-corrected chi connectivity index (χ3v) is 11.9. The summed E-state index contributed by atoms with van der Waals surface area (Å²) in [5, 5.41) is 19.4. The van der Waals surface area contributed by atoms with Crippen molar-refractivity contribution in [2.75, 3.05) is 0 Å². The Morgan fingerprint density at radius 2 is 1.91 bits per heavy atom. The van der Waals surface area contributed by atoms with E-state index in [4.69, 9.17) is 9.53 Å². The topological polar surface area (TPSA) is 66.8 Å². The first-order chi connectivity index (χ1) is 14.8. The molecule has 0 amide bonds. The molecule has 0 fully saturated rings. The molecule has 0 aliphatic heterocycles. The molecule has 4 nitrogen and oxygen atoms in total. The van der Waals surface area contributed by atoms with E-state index in [-0.39, 0.29) is 29.1 Å². The van der Waals surface area contributed by atoms with Crippen molar-refractivity contribution < 1.29 is 19.4 Å². The Morgan fingerprint density at radius 1 is 1.22 bits per heavy atom. The first kappa shape index (κ1) is 28.9. The Bertz CT molecular complexity index is 682. The lowest BCUT2D eigenvalue weighted by atomic mass is 9.86. The maximum absolute atomic E-state index is 10.6. The van der Waals surface area contributed by atoms with Crippen LogP contribution in [-0.4, -0.2) is 36.2 Å². The van der Waals surface area contributed by atoms with Crippen LogP contribution < -0.4 is 0 Å². The average Bonchev–Trinajstić information content (AvgIpc) is 3.01. The minimum atomic E-state index is -1.88. The number of unbranched alkanes of at least 4 members (excludes halogenated alkanes) is 2. The second-order valence-corrected chi connectivity index (χ2v) is 15.9. The molecule has 3 atom stereocenters. The lowest BCUT2D eigenvalue weighted by molar-refractivity contribution is -0.136. The summed E-state index contributed by atoms with van der Waals surface area (Å²) in [6, 6.07) is 0. The highest BCUT2D eigenvalue weighted by Gasteiger charge is 2.43. The molecular weight excluding hydrogens is 416 g/mol. The van der Waals surface area contributed by atoms with E-state index in [1.165, 1.54) is 24.8 Å². The first-order valence-corrected chi connectivity index (χ1v) is 15.4. The van der Waals surface area contributed by atoms with E-state index in [2.05, 4.69) is 59.5 Å². The zero-order valence-electron chi connectivity index (χ0n) is 21.7. The number of aliphatic hydroxyl groups excluding tert-OH is 1. The summed E-state index contributed by atoms with van der Waals surface area (Å²) in [5.74, 6) is -0.662. The van der Waals surface area contributed by atoms with Crippen LogP contribution in [0.4, 0.5) is 0 Å². The smallest absolute Gasteiger partial charge is 0.307 e. The average molecular weight is 465 g/mol. The van der Waals surface area contributed by atoms with Gasteiger partial charge in [0.05, 0.1) is 18.1 Å². The van der Waals surface area contributed by atoms with Crippen molar-refractivity contribution in [1.82, 2.24) is 0 Å². The molecule has 0 saturated carbocycles. The van der Waals surface area contributed by atoms with E-state index < -0.39 is 14.3 Å². The first-order valence-electron chi connectivity index (χ1n) is 12.5. The minimum absolute atomic E-state index is 0.00144. The Kier molecular flexibility index (Phi) is 11.7. The van der Waals surface area contributed by atoms with Crippen LogP contribution in [0, 0.1) is 5.92 Å². The maximum Gasteiger partial charge on any atom is 0.307 e. The van der Waals surface area contributed by atoms with Gasteiger partial charge in [0.15, 0.2) is 8.32 Å². The van der Waals surface area contributed by atoms with E-state index in [1.54, 1.807) is 6.08 Å². The third-order valence-electron chi connectivity index (χ3n) is 7.26. The molecule has 1 unspecified atom stereocenters. The summed E-state index contributed by atoms with van der Waals surface area (Å²) in [6.07, 6.45) is 14.5. The number of hydrogen-bond acceptors (Lipinski definition) is 3. The summed E-state index contributed by atoms with van der Waals surface area (Å²) in [5.41, 5.74) is 4.18. The van der Waals surface area contributed by atoms with Crippen molar-refractivity contribution in [3.63, 3.8) is 0 Å². The number of carbonyl (C=O) groups is 1. The fraction of sp³-hybridized carbons (Fsp3) is 0.778. The monoisotopic (exact) mass is 464 g/mol. The van der Waals surface area contributed by atoms with E-state index in [0.29, 0.717) is 0 Å². The summed E-state index contributed by atoms with van der Waals surface area (Å²) < 4.78 is 6.98. The van der Waals surface area contributed by atoms with Crippen LogP contribution in [0.5, 0.6) is 0 Å². The molecule has 5 heteroatoms. The van der Waals surface area contributed by atoms with E-state index in [0.717, 1.165) is 38.5 Å². The van der Waals surface area contributed by atoms with Crippen LogP contribution in [0.1, 0.15) is 98.8 Å². The fourth-order valence-electron chi connectivity index (χ4n) is 4.23. The molecule has 0 heterocycles. The molecule has 0 saturated heterocycles. The van der Waals surface area contributed by atoms with Crippen molar-refractivity contribution >= 4 is 14.3 Å². The number of aliphatic carboxylic acids is 1. The van der Waals surface area contributed by atoms with E-state index in [1.807, 2.05) is 6.08 Å². The molecule has 0 aromatic heterocycles. The van der Waals surface area contributed by atoms with Crippen LogP contribution in [0.25, 0.3) is 0 Å². The molecule has 0 aromatic carbocycles. The standard InChI is InChI=1S/C27H48O4Si/c1-8-9-14-20-27(5,31-32(6,7)26(2,3)4)21-19-22-17-18-24(28)23(22)15-12-10-11-13-16-25(29)30/h10,13,17,23-24,28H,8-9,12,14-16,18-21H2,1-7H3,(H,29,30)/t11?,23-,24+,27?/m1/s1. The lowest BCUT2D eigenvalue weighted by Gasteiger charge is -2.45. The van der Waals surface area contributed by atoms with Crippen LogP contribution in [0.2, 0.25) is 18.1 Å². The van der Waals surface area contributed by atoms with Crippen molar-refractivity contribution in [3.05, 3.63) is 29.5 Å². The molecule has 1 rings (SSSR count). The molecule has 184 valence electrons. The van der Waals surface area contributed by atoms with E-state index in [9.17, 15) is 9.90 Å². The van der Waals surface area contributed by atoms with Gasteiger partial charge in [-0.3, -0.25) is 4.79 Å². The highest BCUT2D eigenvalue weighted by molar-refractivity contribution is 6.74. The van der Waals surface area contributed by atoms with Gasteiger partial charge in [0.1, 0.15) is 0 Å². The van der Waals surface area contributed by atoms with Crippen molar-refractivity contribution in [2.24, 2.45) is 5.92 Å². The zero-order chi connectivity index (χ0) is 24.4. The molecule has 1 aliphatic carbocycles. The van der Waals surface area contributed by atoms with Crippen LogP contribution in [-0.2, 0) is 9.22 Å². The molecule has 2 N–H and O–H groups in total. The van der Waals surface area contributed by atoms with Gasteiger partial charge in [0, 0.05) is 5.92 Å². The van der Waals surface area contributed by atoms with Gasteiger partial charge in [-0.15, -0.1) is 5.73 Å². The van der Waals surface area contributed by atoms with Crippen LogP contribution >= 0.6 is 0 Å². The van der Waals surface area contributed by atoms with Gasteiger partial charge >= 0.3 is 5.97 Å². The summed E-state index contributed by atoms with van der Waals surface area (Å²) in [6.45, 7) is 16.1. The van der Waals surface area contributed by atoms with Gasteiger partial charge in [-0.2, -0.15) is 0 Å². The lowest BCUT2D eigenvalue weighted by Crippen LogP contribution is -2.48. The second-order valence-electron chi connectivity index (χ2n) is 11.2. The Labute approximate surface area is 198 Å². The predicted octanol–water partition coefficient (Wildman–Crippen LogP) is 7.40. The van der Waals surface area contributed by atoms with Gasteiger partial charge in [-0.1, -0.05) is 58.6 Å². The predicted molar refractivity (Wildman–Crippen MR) is 136 cm³/mol. The summed E-state index contributed by atoms with van der Waals surface area (Å²) in [7, 11) is -1.88. The second kappa shape index (κ2) is 12.9. The third kappa shape index (κ3) is 9.78. The SMILES string of the molecule is CCCCCC(C)(CCC1=CC[C@H](O)[C@@H]1CCC=C=CCC(=O)O)O[Si](C)(C)C(C)(C)C. The maximum atomic E-state index is 10.6. The number of aliphatic hydroxyl groups is 1. The largest absolute Gasteiger partial charge is 0.481 e. The Morgan fingerprint density at radius 3 is 2.50 bits per heavy atom. The molecule has 0 bridgehead atoms. The number of carboxylic acid groups (broad SMARTS) is 1. The highest BCUT2D eigenvalue weighted by atomic mass is 28.4. The Hall–Kier alpha value is -1.13.